The first kappa shape index (κ1) is 13.8. The van der Waals surface area contributed by atoms with Gasteiger partial charge >= 0.3 is 0 Å². The Labute approximate surface area is 136 Å². The molecule has 23 heavy (non-hydrogen) atoms. The molecule has 0 aliphatic carbocycles. The number of nitrogens with zero attached hydrogens (tertiary/aromatic N) is 2. The molecule has 3 aromatic rings. The number of phenolic OH excluding ortho intramolecular Hbond substituents is 1. The summed E-state index contributed by atoms with van der Waals surface area (Å²) in [5.41, 5.74) is 1.38. The van der Waals surface area contributed by atoms with Crippen LogP contribution in [0.25, 0.3) is 17.1 Å². The minimum Gasteiger partial charge on any atom is -0.507 e. The summed E-state index contributed by atoms with van der Waals surface area (Å²) in [5.74, 6) is 2.05. The van der Waals surface area contributed by atoms with E-state index in [4.69, 9.17) is 21.7 Å². The molecule has 2 heterocycles. The Morgan fingerprint density at radius 3 is 2.70 bits per heavy atom. The van der Waals surface area contributed by atoms with E-state index in [0.29, 0.717) is 40.9 Å². The third kappa shape index (κ3) is 2.35. The van der Waals surface area contributed by atoms with Crippen molar-refractivity contribution in [1.29, 1.82) is 0 Å². The molecule has 4 rings (SSSR count). The highest BCUT2D eigenvalue weighted by Gasteiger charge is 2.17. The van der Waals surface area contributed by atoms with Gasteiger partial charge in [-0.15, -0.1) is 0 Å². The first-order valence-corrected chi connectivity index (χ1v) is 7.50. The van der Waals surface area contributed by atoms with Gasteiger partial charge < -0.3 is 14.6 Å². The lowest BCUT2D eigenvalue weighted by Crippen LogP contribution is -2.15. The number of hydrogen-bond donors (Lipinski definition) is 2. The van der Waals surface area contributed by atoms with E-state index < -0.39 is 0 Å². The lowest BCUT2D eigenvalue weighted by molar-refractivity contribution is 0.171. The number of nitrogens with one attached hydrogen (secondary N) is 1. The molecule has 1 aromatic heterocycles. The van der Waals surface area contributed by atoms with E-state index in [1.807, 2.05) is 24.3 Å². The first-order chi connectivity index (χ1) is 11.2. The van der Waals surface area contributed by atoms with Crippen LogP contribution in [0.4, 0.5) is 0 Å². The number of rotatable bonds is 2. The molecule has 6 nitrogen and oxygen atoms in total. The Balaban J connectivity index is 1.89. The molecule has 0 saturated carbocycles. The van der Waals surface area contributed by atoms with E-state index in [1.54, 1.807) is 22.8 Å². The van der Waals surface area contributed by atoms with E-state index in [1.165, 1.54) is 0 Å². The highest BCUT2D eigenvalue weighted by molar-refractivity contribution is 7.71. The van der Waals surface area contributed by atoms with Gasteiger partial charge in [0.1, 0.15) is 19.0 Å². The summed E-state index contributed by atoms with van der Waals surface area (Å²) in [7, 11) is 0. The fraction of sp³-hybridized carbons (Fsp3) is 0.125. The van der Waals surface area contributed by atoms with Crippen LogP contribution in [0.5, 0.6) is 17.2 Å². The van der Waals surface area contributed by atoms with Gasteiger partial charge in [-0.25, -0.2) is 0 Å². The number of ether oxygens (including phenoxy) is 2. The molecule has 0 bridgehead atoms. The van der Waals surface area contributed by atoms with Gasteiger partial charge in [0, 0.05) is 6.07 Å². The van der Waals surface area contributed by atoms with Gasteiger partial charge in [-0.2, -0.15) is 5.10 Å². The average Bonchev–Trinajstić information content (AvgIpc) is 2.96. The predicted octanol–water partition coefficient (Wildman–Crippen LogP) is 3.07. The van der Waals surface area contributed by atoms with E-state index in [2.05, 4.69) is 10.2 Å². The van der Waals surface area contributed by atoms with Crippen LogP contribution in [0.15, 0.2) is 42.5 Å². The maximum atomic E-state index is 10.1. The van der Waals surface area contributed by atoms with Crippen LogP contribution in [0.2, 0.25) is 0 Å². The van der Waals surface area contributed by atoms with Crippen LogP contribution in [0.3, 0.4) is 0 Å². The smallest absolute Gasteiger partial charge is 0.200 e. The molecule has 2 aromatic carbocycles. The van der Waals surface area contributed by atoms with E-state index in [9.17, 15) is 5.11 Å². The first-order valence-electron chi connectivity index (χ1n) is 7.10. The molecular weight excluding hydrogens is 314 g/mol. The zero-order valence-corrected chi connectivity index (χ0v) is 12.8. The molecular formula is C16H13N3O3S. The number of benzene rings is 2. The van der Waals surface area contributed by atoms with Crippen LogP contribution in [-0.2, 0) is 0 Å². The fourth-order valence-corrected chi connectivity index (χ4v) is 2.79. The van der Waals surface area contributed by atoms with Crippen LogP contribution in [0, 0.1) is 4.77 Å². The monoisotopic (exact) mass is 327 g/mol. The number of aromatic amines is 1. The predicted molar refractivity (Wildman–Crippen MR) is 86.8 cm³/mol. The van der Waals surface area contributed by atoms with E-state index in [0.717, 1.165) is 5.69 Å². The summed E-state index contributed by atoms with van der Waals surface area (Å²) in [6.07, 6.45) is 0. The lowest BCUT2D eigenvalue weighted by atomic mass is 10.2. The van der Waals surface area contributed by atoms with Gasteiger partial charge in [0.05, 0.1) is 11.3 Å². The van der Waals surface area contributed by atoms with Crippen LogP contribution in [0.1, 0.15) is 0 Å². The molecule has 0 fully saturated rings. The van der Waals surface area contributed by atoms with Crippen LogP contribution >= 0.6 is 12.2 Å². The Hall–Kier alpha value is -2.80. The van der Waals surface area contributed by atoms with Crippen molar-refractivity contribution in [2.24, 2.45) is 0 Å². The van der Waals surface area contributed by atoms with E-state index >= 15 is 0 Å². The summed E-state index contributed by atoms with van der Waals surface area (Å²) in [6, 6.07) is 12.6. The van der Waals surface area contributed by atoms with Gasteiger partial charge in [0.15, 0.2) is 22.1 Å². The lowest BCUT2D eigenvalue weighted by Gasteiger charge is -2.19. The maximum Gasteiger partial charge on any atom is 0.200 e. The summed E-state index contributed by atoms with van der Waals surface area (Å²) >= 11 is 5.34. The van der Waals surface area contributed by atoms with Crippen molar-refractivity contribution in [2.75, 3.05) is 13.2 Å². The highest BCUT2D eigenvalue weighted by Crippen LogP contribution is 2.34. The number of para-hydroxylation sites is 1. The van der Waals surface area contributed by atoms with Crippen molar-refractivity contribution in [3.63, 3.8) is 0 Å². The summed E-state index contributed by atoms with van der Waals surface area (Å²) < 4.78 is 13.3. The molecule has 2 N–H and O–H groups in total. The molecule has 0 saturated heterocycles. The number of H-pyrrole nitrogens is 1. The zero-order valence-electron chi connectivity index (χ0n) is 12.0. The molecule has 0 unspecified atom stereocenters. The van der Waals surface area contributed by atoms with Crippen molar-refractivity contribution in [3.05, 3.63) is 47.2 Å². The standard InChI is InChI=1S/C16H13N3O3S/c20-12-4-2-1-3-11(12)15-17-18-16(23)19(15)10-5-6-13-14(9-10)22-8-7-21-13/h1-6,9,20H,7-8H2,(H,18,23). The second kappa shape index (κ2) is 5.44. The third-order valence-corrected chi connectivity index (χ3v) is 3.88. The van der Waals surface area contributed by atoms with Crippen molar-refractivity contribution in [3.8, 4) is 34.3 Å². The number of phenols is 1. The van der Waals surface area contributed by atoms with Crippen molar-refractivity contribution >= 4 is 12.2 Å². The topological polar surface area (TPSA) is 72.3 Å². The molecule has 0 radical (unpaired) electrons. The quantitative estimate of drug-likeness (QED) is 0.708. The van der Waals surface area contributed by atoms with E-state index in [-0.39, 0.29) is 5.75 Å². The van der Waals surface area contributed by atoms with Crippen molar-refractivity contribution < 1.29 is 14.6 Å². The molecule has 0 atom stereocenters. The van der Waals surface area contributed by atoms with Crippen molar-refractivity contribution in [1.82, 2.24) is 14.8 Å². The number of fused-ring (bicyclic) bond motifs is 1. The fourth-order valence-electron chi connectivity index (χ4n) is 2.55. The molecule has 7 heteroatoms. The van der Waals surface area contributed by atoms with Gasteiger partial charge in [-0.1, -0.05) is 12.1 Å². The maximum absolute atomic E-state index is 10.1. The Kier molecular flexibility index (Phi) is 3.27. The minimum absolute atomic E-state index is 0.139. The van der Waals surface area contributed by atoms with Crippen molar-refractivity contribution in [2.45, 2.75) is 0 Å². The summed E-state index contributed by atoms with van der Waals surface area (Å²) in [5, 5.41) is 17.1. The number of aromatic hydroxyl groups is 1. The highest BCUT2D eigenvalue weighted by atomic mass is 32.1. The van der Waals surface area contributed by atoms with Gasteiger partial charge in [0.25, 0.3) is 0 Å². The molecule has 1 aliphatic heterocycles. The second-order valence-electron chi connectivity index (χ2n) is 5.03. The summed E-state index contributed by atoms with van der Waals surface area (Å²) in [6.45, 7) is 1.06. The van der Waals surface area contributed by atoms with Crippen LogP contribution < -0.4 is 9.47 Å². The molecule has 116 valence electrons. The summed E-state index contributed by atoms with van der Waals surface area (Å²) in [4.78, 5) is 0. The largest absolute Gasteiger partial charge is 0.507 e. The molecule has 1 aliphatic rings. The minimum atomic E-state index is 0.139. The van der Waals surface area contributed by atoms with Gasteiger partial charge in [-0.3, -0.25) is 9.67 Å². The Morgan fingerprint density at radius 2 is 1.87 bits per heavy atom. The van der Waals surface area contributed by atoms with Gasteiger partial charge in [0.2, 0.25) is 0 Å². The average molecular weight is 327 g/mol. The van der Waals surface area contributed by atoms with Gasteiger partial charge in [-0.05, 0) is 36.5 Å². The number of hydrogen-bond acceptors (Lipinski definition) is 5. The number of aromatic nitrogens is 3. The third-order valence-electron chi connectivity index (χ3n) is 3.60. The Bertz CT molecular complexity index is 932. The Morgan fingerprint density at radius 1 is 1.09 bits per heavy atom. The molecule has 0 spiro atoms. The normalized spacial score (nSPS) is 13.0. The second-order valence-corrected chi connectivity index (χ2v) is 5.42. The zero-order chi connectivity index (χ0) is 15.8. The SMILES string of the molecule is Oc1ccccc1-c1n[nH]c(=S)n1-c1ccc2c(c1)OCCO2. The molecule has 0 amide bonds. The van der Waals surface area contributed by atoms with Crippen LogP contribution in [-0.4, -0.2) is 33.1 Å².